The number of piperidine rings is 1. The number of hydrogen-bond acceptors (Lipinski definition) is 4. The molecule has 1 fully saturated rings. The smallest absolute Gasteiger partial charge is 0.251 e. The van der Waals surface area contributed by atoms with Gasteiger partial charge in [0.05, 0.1) is 0 Å². The Morgan fingerprint density at radius 3 is 2.20 bits per heavy atom. The van der Waals surface area contributed by atoms with Crippen molar-refractivity contribution in [3.63, 3.8) is 0 Å². The Kier molecular flexibility index (Phi) is 7.06. The van der Waals surface area contributed by atoms with Crippen LogP contribution in [-0.4, -0.2) is 42.3 Å². The molecule has 2 aromatic rings. The summed E-state index contributed by atoms with van der Waals surface area (Å²) < 4.78 is 5.70. The molecule has 7 heteroatoms. The summed E-state index contributed by atoms with van der Waals surface area (Å²) in [6.45, 7) is 4.08. The van der Waals surface area contributed by atoms with Crippen LogP contribution in [0.15, 0.2) is 48.5 Å². The quantitative estimate of drug-likeness (QED) is 0.734. The molecule has 1 aliphatic rings. The first kappa shape index (κ1) is 21.4. The van der Waals surface area contributed by atoms with Crippen molar-refractivity contribution < 1.29 is 19.1 Å². The molecule has 1 atom stereocenters. The minimum Gasteiger partial charge on any atom is -0.457 e. The summed E-state index contributed by atoms with van der Waals surface area (Å²) in [5, 5.41) is 2.80. The highest BCUT2D eigenvalue weighted by Gasteiger charge is 2.20. The number of ether oxygens (including phenoxy) is 1. The summed E-state index contributed by atoms with van der Waals surface area (Å²) in [4.78, 5) is 37.6. The molecule has 0 aliphatic carbocycles. The fourth-order valence-electron chi connectivity index (χ4n) is 3.46. The van der Waals surface area contributed by atoms with Crippen molar-refractivity contribution in [2.24, 2.45) is 11.7 Å². The maximum absolute atomic E-state index is 12.3. The normalized spacial score (nSPS) is 16.0. The molecule has 1 heterocycles. The molecule has 2 aromatic carbocycles. The Hall–Kier alpha value is -3.35. The van der Waals surface area contributed by atoms with Gasteiger partial charge in [-0.3, -0.25) is 14.4 Å². The van der Waals surface area contributed by atoms with Crippen molar-refractivity contribution in [2.75, 3.05) is 19.6 Å². The lowest BCUT2D eigenvalue weighted by molar-refractivity contribution is -0.132. The molecular formula is C23H27N3O4. The number of amides is 3. The van der Waals surface area contributed by atoms with Crippen molar-refractivity contribution in [1.29, 1.82) is 0 Å². The van der Waals surface area contributed by atoms with E-state index in [4.69, 9.17) is 10.5 Å². The Balaban J connectivity index is 1.46. The van der Waals surface area contributed by atoms with E-state index in [1.54, 1.807) is 48.5 Å². The third kappa shape index (κ3) is 5.83. The Morgan fingerprint density at radius 2 is 1.63 bits per heavy atom. The van der Waals surface area contributed by atoms with Crippen LogP contribution in [0.1, 0.15) is 46.9 Å². The molecule has 1 unspecified atom stereocenters. The first-order valence-corrected chi connectivity index (χ1v) is 10.2. The van der Waals surface area contributed by atoms with Gasteiger partial charge in [0.15, 0.2) is 0 Å². The topological polar surface area (TPSA) is 102 Å². The van der Waals surface area contributed by atoms with E-state index < -0.39 is 5.91 Å². The average molecular weight is 409 g/mol. The van der Waals surface area contributed by atoms with Crippen molar-refractivity contribution >= 4 is 17.7 Å². The molecule has 3 rings (SSSR count). The van der Waals surface area contributed by atoms with Crippen molar-refractivity contribution in [3.8, 4) is 11.5 Å². The number of carbonyl (C=O) groups excluding carboxylic acids is 3. The standard InChI is InChI=1S/C23H27N3O4/c1-16-3-2-14-26(15-16)21(27)12-13-25-23(29)18-6-10-20(11-7-18)30-19-8-4-17(5-9-19)22(24)28/h4-11,16H,2-3,12-15H2,1H3,(H2,24,28)(H,25,29). The fraction of sp³-hybridized carbons (Fsp3) is 0.348. The summed E-state index contributed by atoms with van der Waals surface area (Å²) in [7, 11) is 0. The van der Waals surface area contributed by atoms with Crippen molar-refractivity contribution in [1.82, 2.24) is 10.2 Å². The molecule has 158 valence electrons. The van der Waals surface area contributed by atoms with E-state index in [1.807, 2.05) is 4.90 Å². The molecule has 3 amide bonds. The van der Waals surface area contributed by atoms with Gasteiger partial charge in [0, 0.05) is 37.2 Å². The van der Waals surface area contributed by atoms with Gasteiger partial charge in [-0.2, -0.15) is 0 Å². The zero-order chi connectivity index (χ0) is 21.5. The van der Waals surface area contributed by atoms with E-state index in [-0.39, 0.29) is 11.8 Å². The van der Waals surface area contributed by atoms with Crippen LogP contribution in [-0.2, 0) is 4.79 Å². The second kappa shape index (κ2) is 9.91. The number of likely N-dealkylation sites (tertiary alicyclic amines) is 1. The lowest BCUT2D eigenvalue weighted by atomic mass is 10.00. The van der Waals surface area contributed by atoms with Gasteiger partial charge in [-0.1, -0.05) is 6.92 Å². The maximum atomic E-state index is 12.3. The maximum Gasteiger partial charge on any atom is 0.251 e. The van der Waals surface area contributed by atoms with Gasteiger partial charge in [0.25, 0.3) is 5.91 Å². The van der Waals surface area contributed by atoms with Gasteiger partial charge >= 0.3 is 0 Å². The third-order valence-corrected chi connectivity index (χ3v) is 5.13. The van der Waals surface area contributed by atoms with E-state index >= 15 is 0 Å². The van der Waals surface area contributed by atoms with Crippen LogP contribution in [0.3, 0.4) is 0 Å². The van der Waals surface area contributed by atoms with E-state index in [0.29, 0.717) is 41.5 Å². The molecule has 3 N–H and O–H groups in total. The van der Waals surface area contributed by atoms with Crippen LogP contribution >= 0.6 is 0 Å². The lowest BCUT2D eigenvalue weighted by Gasteiger charge is -2.31. The van der Waals surface area contributed by atoms with Gasteiger partial charge in [-0.25, -0.2) is 0 Å². The van der Waals surface area contributed by atoms with Crippen LogP contribution in [0.25, 0.3) is 0 Å². The lowest BCUT2D eigenvalue weighted by Crippen LogP contribution is -2.40. The number of nitrogens with zero attached hydrogens (tertiary/aromatic N) is 1. The highest BCUT2D eigenvalue weighted by atomic mass is 16.5. The predicted octanol–water partition coefficient (Wildman–Crippen LogP) is 2.96. The van der Waals surface area contributed by atoms with Crippen molar-refractivity contribution in [2.45, 2.75) is 26.2 Å². The van der Waals surface area contributed by atoms with E-state index in [2.05, 4.69) is 12.2 Å². The Bertz CT molecular complexity index is 894. The van der Waals surface area contributed by atoms with Crippen molar-refractivity contribution in [3.05, 3.63) is 59.7 Å². The summed E-state index contributed by atoms with van der Waals surface area (Å²) in [5.41, 5.74) is 6.11. The molecule has 0 aromatic heterocycles. The molecule has 30 heavy (non-hydrogen) atoms. The van der Waals surface area contributed by atoms with Gasteiger partial charge in [-0.15, -0.1) is 0 Å². The third-order valence-electron chi connectivity index (χ3n) is 5.13. The Morgan fingerprint density at radius 1 is 1.03 bits per heavy atom. The first-order valence-electron chi connectivity index (χ1n) is 10.2. The first-order chi connectivity index (χ1) is 14.4. The largest absolute Gasteiger partial charge is 0.457 e. The van der Waals surface area contributed by atoms with Crippen LogP contribution in [0.4, 0.5) is 0 Å². The molecule has 0 spiro atoms. The van der Waals surface area contributed by atoms with Gasteiger partial charge in [0.1, 0.15) is 11.5 Å². The van der Waals surface area contributed by atoms with Gasteiger partial charge < -0.3 is 20.7 Å². The SMILES string of the molecule is CC1CCCN(C(=O)CCNC(=O)c2ccc(Oc3ccc(C(N)=O)cc3)cc2)C1. The van der Waals surface area contributed by atoms with E-state index in [1.165, 1.54) is 6.42 Å². The zero-order valence-corrected chi connectivity index (χ0v) is 17.1. The molecule has 0 saturated carbocycles. The fourth-order valence-corrected chi connectivity index (χ4v) is 3.46. The average Bonchev–Trinajstić information content (AvgIpc) is 2.74. The molecule has 1 saturated heterocycles. The molecule has 7 nitrogen and oxygen atoms in total. The number of nitrogens with two attached hydrogens (primary N) is 1. The number of benzene rings is 2. The summed E-state index contributed by atoms with van der Waals surface area (Å²) >= 11 is 0. The Labute approximate surface area is 176 Å². The number of rotatable bonds is 7. The minimum atomic E-state index is -0.496. The number of carbonyl (C=O) groups is 3. The zero-order valence-electron chi connectivity index (χ0n) is 17.1. The van der Waals surface area contributed by atoms with Gasteiger partial charge in [0.2, 0.25) is 11.8 Å². The minimum absolute atomic E-state index is 0.0907. The highest BCUT2D eigenvalue weighted by Crippen LogP contribution is 2.22. The van der Waals surface area contributed by atoms with E-state index in [0.717, 1.165) is 19.5 Å². The molecular weight excluding hydrogens is 382 g/mol. The molecule has 0 bridgehead atoms. The van der Waals surface area contributed by atoms with Crippen LogP contribution in [0, 0.1) is 5.92 Å². The molecule has 1 aliphatic heterocycles. The number of nitrogens with one attached hydrogen (secondary N) is 1. The second-order valence-corrected chi connectivity index (χ2v) is 7.61. The molecule has 0 radical (unpaired) electrons. The number of primary amides is 1. The monoisotopic (exact) mass is 409 g/mol. The number of hydrogen-bond donors (Lipinski definition) is 2. The predicted molar refractivity (Wildman–Crippen MR) is 113 cm³/mol. The van der Waals surface area contributed by atoms with Crippen LogP contribution in [0.2, 0.25) is 0 Å². The van der Waals surface area contributed by atoms with Crippen LogP contribution < -0.4 is 15.8 Å². The van der Waals surface area contributed by atoms with E-state index in [9.17, 15) is 14.4 Å². The summed E-state index contributed by atoms with van der Waals surface area (Å²) in [5.74, 6) is 1.03. The second-order valence-electron chi connectivity index (χ2n) is 7.61. The summed E-state index contributed by atoms with van der Waals surface area (Å²) in [6, 6.07) is 13.2. The van der Waals surface area contributed by atoms with Gasteiger partial charge in [-0.05, 0) is 67.3 Å². The highest BCUT2D eigenvalue weighted by molar-refractivity contribution is 5.94. The summed E-state index contributed by atoms with van der Waals surface area (Å²) in [6.07, 6.45) is 2.52. The van der Waals surface area contributed by atoms with Crippen LogP contribution in [0.5, 0.6) is 11.5 Å².